The topological polar surface area (TPSA) is 53.2 Å². The summed E-state index contributed by atoms with van der Waals surface area (Å²) in [7, 11) is 0. The maximum absolute atomic E-state index is 13.5. The normalized spacial score (nSPS) is 15.7. The van der Waals surface area contributed by atoms with Gasteiger partial charge in [0.15, 0.2) is 0 Å². The van der Waals surface area contributed by atoms with Gasteiger partial charge in [-0.3, -0.25) is 0 Å². The van der Waals surface area contributed by atoms with Crippen molar-refractivity contribution in [1.82, 2.24) is 9.97 Å². The SMILES string of the molecule is Cc1cc(C)c(/C=C2/N=C(c3cc4cc(F)ccc4[nH]3)C=C2OC(C)C)[nH]1. The third kappa shape index (κ3) is 3.45. The van der Waals surface area contributed by atoms with E-state index in [1.54, 1.807) is 6.07 Å². The van der Waals surface area contributed by atoms with Crippen molar-refractivity contribution in [2.75, 3.05) is 0 Å². The number of nitrogens with one attached hydrogen (secondary N) is 2. The van der Waals surface area contributed by atoms with E-state index in [1.807, 2.05) is 39.0 Å². The van der Waals surface area contributed by atoms with Crippen LogP contribution in [0.2, 0.25) is 0 Å². The monoisotopic (exact) mass is 363 g/mol. The highest BCUT2D eigenvalue weighted by Gasteiger charge is 2.20. The summed E-state index contributed by atoms with van der Waals surface area (Å²) in [5.74, 6) is 0.482. The fourth-order valence-corrected chi connectivity index (χ4v) is 3.28. The Hall–Kier alpha value is -3.08. The van der Waals surface area contributed by atoms with Gasteiger partial charge >= 0.3 is 0 Å². The second-order valence-electron chi connectivity index (χ2n) is 7.17. The first-order valence-electron chi connectivity index (χ1n) is 9.03. The van der Waals surface area contributed by atoms with Crippen molar-refractivity contribution in [1.29, 1.82) is 0 Å². The van der Waals surface area contributed by atoms with Crippen molar-refractivity contribution in [3.63, 3.8) is 0 Å². The van der Waals surface area contributed by atoms with E-state index in [0.717, 1.165) is 50.7 Å². The van der Waals surface area contributed by atoms with Gasteiger partial charge in [-0.25, -0.2) is 9.38 Å². The molecule has 27 heavy (non-hydrogen) atoms. The minimum Gasteiger partial charge on any atom is -0.489 e. The number of rotatable bonds is 4. The minimum atomic E-state index is -0.251. The van der Waals surface area contributed by atoms with E-state index in [0.29, 0.717) is 0 Å². The Balaban J connectivity index is 1.77. The number of hydrogen-bond acceptors (Lipinski definition) is 2. The summed E-state index contributed by atoms with van der Waals surface area (Å²) in [5, 5.41) is 0.820. The number of aromatic nitrogens is 2. The summed E-state index contributed by atoms with van der Waals surface area (Å²) < 4.78 is 19.5. The highest BCUT2D eigenvalue weighted by Crippen LogP contribution is 2.28. The standard InChI is InChI=1S/C22H22FN3O/c1-12(2)27-22-11-20(19-9-15-8-16(23)5-6-17(15)25-19)26-21(22)10-18-13(3)7-14(4)24-18/h5-12,24-25H,1-4H3/b21-10+. The Morgan fingerprint density at radius 2 is 1.93 bits per heavy atom. The van der Waals surface area contributed by atoms with Crippen LogP contribution >= 0.6 is 0 Å². The third-order valence-electron chi connectivity index (χ3n) is 4.45. The second-order valence-corrected chi connectivity index (χ2v) is 7.17. The van der Waals surface area contributed by atoms with Crippen molar-refractivity contribution in [2.24, 2.45) is 4.99 Å². The zero-order chi connectivity index (χ0) is 19.1. The first kappa shape index (κ1) is 17.3. The van der Waals surface area contributed by atoms with Gasteiger partial charge in [-0.05, 0) is 69.7 Å². The molecule has 2 aromatic heterocycles. The highest BCUT2D eigenvalue weighted by molar-refractivity contribution is 6.13. The quantitative estimate of drug-likeness (QED) is 0.640. The maximum atomic E-state index is 13.5. The van der Waals surface area contributed by atoms with E-state index >= 15 is 0 Å². The van der Waals surface area contributed by atoms with Crippen molar-refractivity contribution < 1.29 is 9.13 Å². The number of aliphatic imine (C=N–C) groups is 1. The Morgan fingerprint density at radius 1 is 1.11 bits per heavy atom. The van der Waals surface area contributed by atoms with Crippen LogP contribution in [-0.4, -0.2) is 21.8 Å². The highest BCUT2D eigenvalue weighted by atomic mass is 19.1. The Morgan fingerprint density at radius 3 is 2.63 bits per heavy atom. The molecule has 0 radical (unpaired) electrons. The van der Waals surface area contributed by atoms with Crippen LogP contribution in [0.5, 0.6) is 0 Å². The molecule has 4 nitrogen and oxygen atoms in total. The lowest BCUT2D eigenvalue weighted by molar-refractivity contribution is 0.155. The molecule has 1 aliphatic rings. The first-order chi connectivity index (χ1) is 12.9. The molecule has 0 spiro atoms. The summed E-state index contributed by atoms with van der Waals surface area (Å²) in [4.78, 5) is 11.4. The van der Waals surface area contributed by atoms with Crippen LogP contribution in [0.15, 0.2) is 52.9 Å². The zero-order valence-electron chi connectivity index (χ0n) is 15.9. The molecule has 3 heterocycles. The van der Waals surface area contributed by atoms with Crippen molar-refractivity contribution >= 4 is 22.7 Å². The van der Waals surface area contributed by atoms with Crippen LogP contribution in [0.25, 0.3) is 17.0 Å². The average Bonchev–Trinajstić information content (AvgIpc) is 3.25. The van der Waals surface area contributed by atoms with Gasteiger partial charge in [-0.1, -0.05) is 0 Å². The number of halogens is 1. The number of fused-ring (bicyclic) bond motifs is 1. The largest absolute Gasteiger partial charge is 0.489 e. The number of aryl methyl sites for hydroxylation is 2. The number of aromatic amines is 2. The first-order valence-corrected chi connectivity index (χ1v) is 9.03. The molecule has 1 aromatic carbocycles. The molecule has 4 rings (SSSR count). The summed E-state index contributed by atoms with van der Waals surface area (Å²) >= 11 is 0. The van der Waals surface area contributed by atoms with Crippen LogP contribution in [0.4, 0.5) is 4.39 Å². The van der Waals surface area contributed by atoms with Gasteiger partial charge in [-0.2, -0.15) is 0 Å². The lowest BCUT2D eigenvalue weighted by Crippen LogP contribution is -2.02. The molecule has 5 heteroatoms. The molecular formula is C22H22FN3O. The lowest BCUT2D eigenvalue weighted by atomic mass is 10.2. The number of hydrogen-bond donors (Lipinski definition) is 2. The lowest BCUT2D eigenvalue weighted by Gasteiger charge is -2.11. The molecule has 3 aromatic rings. The van der Waals surface area contributed by atoms with Gasteiger partial charge in [0.05, 0.1) is 17.5 Å². The molecule has 2 N–H and O–H groups in total. The number of allylic oxidation sites excluding steroid dienone is 1. The van der Waals surface area contributed by atoms with Crippen LogP contribution in [0.3, 0.4) is 0 Å². The van der Waals surface area contributed by atoms with Crippen molar-refractivity contribution in [3.05, 3.63) is 76.3 Å². The Bertz CT molecular complexity index is 1110. The molecule has 0 fully saturated rings. The molecule has 0 saturated heterocycles. The predicted octanol–water partition coefficient (Wildman–Crippen LogP) is 5.40. The smallest absolute Gasteiger partial charge is 0.147 e. The zero-order valence-corrected chi connectivity index (χ0v) is 15.9. The predicted molar refractivity (Wildman–Crippen MR) is 107 cm³/mol. The summed E-state index contributed by atoms with van der Waals surface area (Å²) in [6.07, 6.45) is 3.97. The number of H-pyrrole nitrogens is 2. The maximum Gasteiger partial charge on any atom is 0.147 e. The average molecular weight is 363 g/mol. The van der Waals surface area contributed by atoms with E-state index < -0.39 is 0 Å². The molecular weight excluding hydrogens is 341 g/mol. The molecule has 1 aliphatic heterocycles. The van der Waals surface area contributed by atoms with Crippen molar-refractivity contribution in [3.8, 4) is 0 Å². The van der Waals surface area contributed by atoms with Crippen LogP contribution < -0.4 is 0 Å². The molecule has 0 unspecified atom stereocenters. The summed E-state index contributed by atoms with van der Waals surface area (Å²) in [5.41, 5.74) is 6.54. The van der Waals surface area contributed by atoms with E-state index in [2.05, 4.69) is 23.0 Å². The minimum absolute atomic E-state index is 0.0393. The number of nitrogens with zero attached hydrogens (tertiary/aromatic N) is 1. The molecule has 0 atom stereocenters. The third-order valence-corrected chi connectivity index (χ3v) is 4.45. The second kappa shape index (κ2) is 6.58. The fraction of sp³-hybridized carbons (Fsp3) is 0.227. The molecule has 0 aliphatic carbocycles. The summed E-state index contributed by atoms with van der Waals surface area (Å²) in [6.45, 7) is 8.08. The van der Waals surface area contributed by atoms with Gasteiger partial charge in [-0.15, -0.1) is 0 Å². The van der Waals surface area contributed by atoms with Crippen LogP contribution in [0.1, 0.15) is 36.5 Å². The van der Waals surface area contributed by atoms with Gasteiger partial charge < -0.3 is 14.7 Å². The fourth-order valence-electron chi connectivity index (χ4n) is 3.28. The van der Waals surface area contributed by atoms with Gasteiger partial charge in [0.25, 0.3) is 0 Å². The van der Waals surface area contributed by atoms with Crippen LogP contribution in [-0.2, 0) is 4.74 Å². The Labute approximate surface area is 157 Å². The van der Waals surface area contributed by atoms with E-state index in [4.69, 9.17) is 9.73 Å². The van der Waals surface area contributed by atoms with E-state index in [1.165, 1.54) is 12.1 Å². The van der Waals surface area contributed by atoms with Gasteiger partial charge in [0.2, 0.25) is 0 Å². The summed E-state index contributed by atoms with van der Waals surface area (Å²) in [6, 6.07) is 8.71. The van der Waals surface area contributed by atoms with Crippen LogP contribution in [0, 0.1) is 19.7 Å². The molecule has 0 saturated carbocycles. The van der Waals surface area contributed by atoms with Gasteiger partial charge in [0, 0.05) is 28.4 Å². The number of benzene rings is 1. The number of ether oxygens (including phenoxy) is 1. The van der Waals surface area contributed by atoms with Gasteiger partial charge in [0.1, 0.15) is 17.3 Å². The van der Waals surface area contributed by atoms with E-state index in [9.17, 15) is 4.39 Å². The molecule has 0 amide bonds. The molecule has 138 valence electrons. The van der Waals surface area contributed by atoms with E-state index in [-0.39, 0.29) is 11.9 Å². The Kier molecular flexibility index (Phi) is 4.22. The van der Waals surface area contributed by atoms with Crippen molar-refractivity contribution in [2.45, 2.75) is 33.8 Å². The molecule has 0 bridgehead atoms.